The normalized spacial score (nSPS) is 15.1. The van der Waals surface area contributed by atoms with Gasteiger partial charge in [-0.25, -0.2) is 4.98 Å². The van der Waals surface area contributed by atoms with Crippen LogP contribution < -0.4 is 19.7 Å². The van der Waals surface area contributed by atoms with Gasteiger partial charge in [0, 0.05) is 42.8 Å². The number of benzene rings is 2. The third-order valence-corrected chi connectivity index (χ3v) is 5.89. The van der Waals surface area contributed by atoms with E-state index in [1.807, 2.05) is 48.1 Å². The van der Waals surface area contributed by atoms with E-state index in [-0.39, 0.29) is 18.2 Å². The van der Waals surface area contributed by atoms with Crippen molar-refractivity contribution in [3.63, 3.8) is 0 Å². The number of aromatic nitrogens is 3. The lowest BCUT2D eigenvalue weighted by Gasteiger charge is -2.17. The van der Waals surface area contributed by atoms with Crippen LogP contribution in [0.3, 0.4) is 0 Å². The number of aryl methyl sites for hydroxylation is 1. The lowest BCUT2D eigenvalue weighted by Crippen LogP contribution is -2.28. The van der Waals surface area contributed by atoms with Crippen molar-refractivity contribution in [1.29, 1.82) is 0 Å². The molecule has 1 unspecified atom stereocenters. The number of rotatable bonds is 7. The highest BCUT2D eigenvalue weighted by Crippen LogP contribution is 2.28. The number of carbonyl (C=O) groups is 2. The number of nitrogens with one attached hydrogen (secondary N) is 1. The van der Waals surface area contributed by atoms with Gasteiger partial charge in [-0.05, 0) is 67.6 Å². The Morgan fingerprint density at radius 1 is 1.00 bits per heavy atom. The molecule has 1 aliphatic rings. The van der Waals surface area contributed by atoms with Crippen molar-refractivity contribution < 1.29 is 19.1 Å². The maximum Gasteiger partial charge on any atom is 0.229 e. The van der Waals surface area contributed by atoms with Gasteiger partial charge in [0.05, 0.1) is 13.0 Å². The van der Waals surface area contributed by atoms with Crippen LogP contribution in [0.25, 0.3) is 5.82 Å². The van der Waals surface area contributed by atoms with Crippen LogP contribution in [0.1, 0.15) is 12.2 Å². The summed E-state index contributed by atoms with van der Waals surface area (Å²) in [5, 5.41) is 2.90. The molecule has 0 bridgehead atoms. The summed E-state index contributed by atoms with van der Waals surface area (Å²) in [5.74, 6) is 2.29. The summed E-state index contributed by atoms with van der Waals surface area (Å²) in [5.41, 5.74) is 1.37. The minimum Gasteiger partial charge on any atom is -0.497 e. The fraction of sp³-hybridized carbons (Fsp3) is 0.185. The van der Waals surface area contributed by atoms with Gasteiger partial charge < -0.3 is 24.3 Å². The molecule has 5 rings (SSSR count). The van der Waals surface area contributed by atoms with E-state index in [1.165, 1.54) is 0 Å². The third-order valence-electron chi connectivity index (χ3n) is 5.89. The Kier molecular flexibility index (Phi) is 6.36. The Bertz CT molecular complexity index is 1370. The van der Waals surface area contributed by atoms with Crippen LogP contribution in [0.4, 0.5) is 11.4 Å². The van der Waals surface area contributed by atoms with Crippen molar-refractivity contribution in [1.82, 2.24) is 14.5 Å². The van der Waals surface area contributed by atoms with Gasteiger partial charge >= 0.3 is 0 Å². The molecule has 9 nitrogen and oxygen atoms in total. The smallest absolute Gasteiger partial charge is 0.229 e. The Morgan fingerprint density at radius 2 is 1.69 bits per heavy atom. The first-order chi connectivity index (χ1) is 17.5. The van der Waals surface area contributed by atoms with E-state index < -0.39 is 5.92 Å². The molecular formula is C27H25N5O4. The zero-order chi connectivity index (χ0) is 25.1. The van der Waals surface area contributed by atoms with Gasteiger partial charge in [-0.1, -0.05) is 0 Å². The Hall–Kier alpha value is -4.66. The van der Waals surface area contributed by atoms with E-state index in [9.17, 15) is 9.59 Å². The van der Waals surface area contributed by atoms with E-state index in [1.54, 1.807) is 54.5 Å². The Labute approximate surface area is 208 Å². The zero-order valence-electron chi connectivity index (χ0n) is 19.9. The average molecular weight is 484 g/mol. The molecule has 1 N–H and O–H groups in total. The van der Waals surface area contributed by atoms with Crippen molar-refractivity contribution in [3.8, 4) is 23.2 Å². The molecule has 0 aliphatic carbocycles. The fourth-order valence-electron chi connectivity index (χ4n) is 4.06. The predicted octanol–water partition coefficient (Wildman–Crippen LogP) is 4.37. The second kappa shape index (κ2) is 9.91. The number of anilines is 2. The molecule has 3 heterocycles. The predicted molar refractivity (Wildman–Crippen MR) is 135 cm³/mol. The molecule has 182 valence electrons. The summed E-state index contributed by atoms with van der Waals surface area (Å²) in [6, 6.07) is 19.8. The molecule has 2 aromatic heterocycles. The van der Waals surface area contributed by atoms with Crippen LogP contribution in [0.2, 0.25) is 0 Å². The lowest BCUT2D eigenvalue weighted by atomic mass is 10.1. The second-order valence-electron chi connectivity index (χ2n) is 8.42. The topological polar surface area (TPSA) is 98.6 Å². The summed E-state index contributed by atoms with van der Waals surface area (Å²) in [6.07, 6.45) is 3.96. The Morgan fingerprint density at radius 3 is 2.39 bits per heavy atom. The molecule has 4 aromatic rings. The molecular weight excluding hydrogens is 458 g/mol. The van der Waals surface area contributed by atoms with Gasteiger partial charge in [0.25, 0.3) is 0 Å². The molecule has 1 aliphatic heterocycles. The van der Waals surface area contributed by atoms with Gasteiger partial charge in [0.1, 0.15) is 23.1 Å². The van der Waals surface area contributed by atoms with Gasteiger partial charge in [-0.3, -0.25) is 9.59 Å². The quantitative estimate of drug-likeness (QED) is 0.419. The summed E-state index contributed by atoms with van der Waals surface area (Å²) >= 11 is 0. The largest absolute Gasteiger partial charge is 0.497 e. The van der Waals surface area contributed by atoms with Gasteiger partial charge in [-0.15, -0.1) is 0 Å². The van der Waals surface area contributed by atoms with Gasteiger partial charge in [0.2, 0.25) is 17.7 Å². The molecule has 2 aromatic carbocycles. The number of methoxy groups -OCH3 is 1. The van der Waals surface area contributed by atoms with Crippen LogP contribution in [0.5, 0.6) is 17.4 Å². The molecule has 36 heavy (non-hydrogen) atoms. The number of amides is 2. The zero-order valence-corrected chi connectivity index (χ0v) is 19.9. The highest BCUT2D eigenvalue weighted by atomic mass is 16.5. The SMILES string of the molecule is COc1ccc(N2CC(C(=O)Nc3ccc(Oc4cc(-n5cccc5)nc(C)n4)cc3)CC2=O)cc1. The van der Waals surface area contributed by atoms with E-state index in [0.717, 1.165) is 5.69 Å². The second-order valence-corrected chi connectivity index (χ2v) is 8.42. The van der Waals surface area contributed by atoms with Crippen LogP contribution in [-0.4, -0.2) is 40.0 Å². The summed E-state index contributed by atoms with van der Waals surface area (Å²) in [7, 11) is 1.59. The standard InChI is InChI=1S/C27H25N5O4/c1-18-28-24(31-13-3-4-14-31)16-25(29-18)36-23-9-5-20(6-10-23)30-27(34)19-15-26(33)32(17-19)21-7-11-22(35-2)12-8-21/h3-14,16,19H,15,17H2,1-2H3,(H,30,34). The lowest BCUT2D eigenvalue weighted by molar-refractivity contribution is -0.122. The molecule has 1 atom stereocenters. The van der Waals surface area contributed by atoms with Gasteiger partial charge in [-0.2, -0.15) is 4.98 Å². The summed E-state index contributed by atoms with van der Waals surface area (Å²) in [6.45, 7) is 2.14. The van der Waals surface area contributed by atoms with E-state index in [2.05, 4.69) is 15.3 Å². The van der Waals surface area contributed by atoms with Crippen LogP contribution in [0, 0.1) is 12.8 Å². The highest BCUT2D eigenvalue weighted by molar-refractivity contribution is 6.03. The Balaban J connectivity index is 1.21. The van der Waals surface area contributed by atoms with Crippen molar-refractivity contribution in [2.75, 3.05) is 23.9 Å². The number of ether oxygens (including phenoxy) is 2. The van der Waals surface area contributed by atoms with E-state index in [0.29, 0.717) is 41.3 Å². The van der Waals surface area contributed by atoms with Crippen molar-refractivity contribution in [2.45, 2.75) is 13.3 Å². The number of hydrogen-bond acceptors (Lipinski definition) is 6. The van der Waals surface area contributed by atoms with Gasteiger partial charge in [0.15, 0.2) is 0 Å². The van der Waals surface area contributed by atoms with Crippen LogP contribution >= 0.6 is 0 Å². The van der Waals surface area contributed by atoms with Crippen molar-refractivity contribution >= 4 is 23.2 Å². The van der Waals surface area contributed by atoms with Crippen LogP contribution in [0.15, 0.2) is 79.1 Å². The number of nitrogens with zero attached hydrogens (tertiary/aromatic N) is 4. The molecule has 1 fully saturated rings. The first kappa shape index (κ1) is 23.1. The van der Waals surface area contributed by atoms with Crippen LogP contribution in [-0.2, 0) is 9.59 Å². The third kappa shape index (κ3) is 5.05. The molecule has 0 saturated carbocycles. The monoisotopic (exact) mass is 483 g/mol. The van der Waals surface area contributed by atoms with Crippen molar-refractivity contribution in [2.24, 2.45) is 5.92 Å². The number of hydrogen-bond donors (Lipinski definition) is 1. The minimum absolute atomic E-state index is 0.0801. The molecule has 9 heteroatoms. The summed E-state index contributed by atoms with van der Waals surface area (Å²) < 4.78 is 13.0. The summed E-state index contributed by atoms with van der Waals surface area (Å²) in [4.78, 5) is 35.8. The average Bonchev–Trinajstić information content (AvgIpc) is 3.55. The first-order valence-corrected chi connectivity index (χ1v) is 11.5. The fourth-order valence-corrected chi connectivity index (χ4v) is 4.06. The number of carbonyl (C=O) groups excluding carboxylic acids is 2. The maximum absolute atomic E-state index is 12.8. The molecule has 0 radical (unpaired) electrons. The molecule has 1 saturated heterocycles. The maximum atomic E-state index is 12.8. The first-order valence-electron chi connectivity index (χ1n) is 11.5. The highest BCUT2D eigenvalue weighted by Gasteiger charge is 2.35. The van der Waals surface area contributed by atoms with Crippen molar-refractivity contribution in [3.05, 3.63) is 84.9 Å². The molecule has 0 spiro atoms. The van der Waals surface area contributed by atoms with E-state index >= 15 is 0 Å². The minimum atomic E-state index is -0.438. The molecule has 2 amide bonds. The van der Waals surface area contributed by atoms with E-state index in [4.69, 9.17) is 9.47 Å².